The molecule has 1 atom stereocenters. The number of nitrogens with zero attached hydrogens (tertiary/aromatic N) is 2. The maximum atomic E-state index is 12.6. The molecule has 0 spiro atoms. The van der Waals surface area contributed by atoms with E-state index in [1.54, 1.807) is 0 Å². The van der Waals surface area contributed by atoms with Gasteiger partial charge in [-0.1, -0.05) is 17.7 Å². The molecule has 0 saturated carbocycles. The Kier molecular flexibility index (Phi) is 4.35. The van der Waals surface area contributed by atoms with Gasteiger partial charge in [-0.15, -0.1) is 11.8 Å². The first kappa shape index (κ1) is 16.2. The van der Waals surface area contributed by atoms with Crippen molar-refractivity contribution in [1.29, 1.82) is 0 Å². The third-order valence-electron chi connectivity index (χ3n) is 3.72. The summed E-state index contributed by atoms with van der Waals surface area (Å²) in [5, 5.41) is 10.2. The van der Waals surface area contributed by atoms with Crippen LogP contribution in [0.1, 0.15) is 12.0 Å². The van der Waals surface area contributed by atoms with E-state index in [-0.39, 0.29) is 23.9 Å². The molecule has 1 fully saturated rings. The molecule has 1 aliphatic rings. The van der Waals surface area contributed by atoms with Gasteiger partial charge in [0, 0.05) is 23.4 Å². The van der Waals surface area contributed by atoms with Crippen LogP contribution in [0.4, 0.5) is 11.4 Å². The van der Waals surface area contributed by atoms with Crippen molar-refractivity contribution in [3.63, 3.8) is 0 Å². The first-order valence-electron chi connectivity index (χ1n) is 7.30. The van der Waals surface area contributed by atoms with Crippen LogP contribution in [0.2, 0.25) is 0 Å². The fourth-order valence-electron chi connectivity index (χ4n) is 2.47. The third kappa shape index (κ3) is 3.16. The number of carbonyl (C=O) groups excluding carboxylic acids is 2. The monoisotopic (exact) mass is 342 g/mol. The molecule has 2 aromatic rings. The Morgan fingerprint density at radius 3 is 2.29 bits per heavy atom. The van der Waals surface area contributed by atoms with Crippen molar-refractivity contribution >= 4 is 35.0 Å². The van der Waals surface area contributed by atoms with Crippen LogP contribution < -0.4 is 4.90 Å². The van der Waals surface area contributed by atoms with Crippen LogP contribution >= 0.6 is 11.8 Å². The van der Waals surface area contributed by atoms with Gasteiger partial charge in [-0.2, -0.15) is 0 Å². The van der Waals surface area contributed by atoms with E-state index in [2.05, 4.69) is 0 Å². The van der Waals surface area contributed by atoms with Crippen molar-refractivity contribution in [3.8, 4) is 0 Å². The van der Waals surface area contributed by atoms with E-state index in [0.29, 0.717) is 5.69 Å². The number of benzene rings is 2. The molecule has 6 nitrogen and oxygen atoms in total. The molecule has 24 heavy (non-hydrogen) atoms. The Morgan fingerprint density at radius 1 is 1.08 bits per heavy atom. The fourth-order valence-corrected chi connectivity index (χ4v) is 3.53. The summed E-state index contributed by atoms with van der Waals surface area (Å²) in [4.78, 5) is 37.0. The van der Waals surface area contributed by atoms with Gasteiger partial charge in [0.25, 0.3) is 5.69 Å². The highest BCUT2D eigenvalue weighted by molar-refractivity contribution is 8.00. The molecule has 1 unspecified atom stereocenters. The molecule has 0 aromatic heterocycles. The van der Waals surface area contributed by atoms with Gasteiger partial charge in [0.05, 0.1) is 15.9 Å². The molecule has 2 amide bonds. The smallest absolute Gasteiger partial charge is 0.269 e. The van der Waals surface area contributed by atoms with E-state index in [1.807, 2.05) is 31.2 Å². The Labute approximate surface area is 142 Å². The average molecular weight is 342 g/mol. The normalized spacial score (nSPS) is 17.4. The zero-order valence-corrected chi connectivity index (χ0v) is 13.7. The lowest BCUT2D eigenvalue weighted by atomic mass is 10.2. The standard InChI is InChI=1S/C17H14N2O4S/c1-11-2-8-14(9-3-11)24-15-10-16(20)18(17(15)21)12-4-6-13(7-5-12)19(22)23/h2-9,15H,10H2,1H3. The van der Waals surface area contributed by atoms with Crippen LogP contribution in [-0.4, -0.2) is 22.0 Å². The summed E-state index contributed by atoms with van der Waals surface area (Å²) < 4.78 is 0. The Bertz CT molecular complexity index is 802. The molecule has 0 radical (unpaired) electrons. The number of nitro groups is 1. The number of aryl methyl sites for hydroxylation is 1. The first-order valence-corrected chi connectivity index (χ1v) is 8.18. The highest BCUT2D eigenvalue weighted by Gasteiger charge is 2.40. The molecule has 0 N–H and O–H groups in total. The third-order valence-corrected chi connectivity index (χ3v) is 4.92. The zero-order chi connectivity index (χ0) is 17.3. The van der Waals surface area contributed by atoms with Gasteiger partial charge in [-0.05, 0) is 31.2 Å². The molecular weight excluding hydrogens is 328 g/mol. The van der Waals surface area contributed by atoms with E-state index in [9.17, 15) is 19.7 Å². The summed E-state index contributed by atoms with van der Waals surface area (Å²) >= 11 is 1.36. The summed E-state index contributed by atoms with van der Waals surface area (Å²) in [5.41, 5.74) is 1.41. The van der Waals surface area contributed by atoms with Crippen molar-refractivity contribution in [2.45, 2.75) is 23.5 Å². The Morgan fingerprint density at radius 2 is 1.71 bits per heavy atom. The minimum Gasteiger partial charge on any atom is -0.274 e. The summed E-state index contributed by atoms with van der Waals surface area (Å²) in [6.45, 7) is 1.98. The first-order chi connectivity index (χ1) is 11.5. The van der Waals surface area contributed by atoms with Gasteiger partial charge in [0.1, 0.15) is 0 Å². The number of amides is 2. The minimum atomic E-state index is -0.520. The van der Waals surface area contributed by atoms with Crippen molar-refractivity contribution < 1.29 is 14.5 Å². The lowest BCUT2D eigenvalue weighted by Gasteiger charge is -2.14. The second-order valence-corrected chi connectivity index (χ2v) is 6.74. The van der Waals surface area contributed by atoms with Gasteiger partial charge in [-0.25, -0.2) is 4.90 Å². The SMILES string of the molecule is Cc1ccc(SC2CC(=O)N(c3ccc([N+](=O)[O-])cc3)C2=O)cc1. The maximum absolute atomic E-state index is 12.6. The van der Waals surface area contributed by atoms with Crippen molar-refractivity contribution in [1.82, 2.24) is 0 Å². The minimum absolute atomic E-state index is 0.0802. The van der Waals surface area contributed by atoms with Gasteiger partial charge >= 0.3 is 0 Å². The summed E-state index contributed by atoms with van der Waals surface area (Å²) in [6, 6.07) is 13.2. The van der Waals surface area contributed by atoms with Crippen molar-refractivity contribution in [2.75, 3.05) is 4.90 Å². The predicted molar refractivity (Wildman–Crippen MR) is 91.0 cm³/mol. The number of imide groups is 1. The number of hydrogen-bond acceptors (Lipinski definition) is 5. The molecule has 1 heterocycles. The predicted octanol–water partition coefficient (Wildman–Crippen LogP) is 3.33. The zero-order valence-electron chi connectivity index (χ0n) is 12.8. The van der Waals surface area contributed by atoms with Crippen molar-refractivity contribution in [3.05, 3.63) is 64.2 Å². The second kappa shape index (κ2) is 6.45. The summed E-state index contributed by atoms with van der Waals surface area (Å²) in [5.74, 6) is -0.585. The van der Waals surface area contributed by atoms with E-state index in [0.717, 1.165) is 15.4 Å². The Balaban J connectivity index is 1.78. The topological polar surface area (TPSA) is 80.5 Å². The van der Waals surface area contributed by atoms with Gasteiger partial charge < -0.3 is 0 Å². The quantitative estimate of drug-likeness (QED) is 0.484. The van der Waals surface area contributed by atoms with Gasteiger partial charge in [-0.3, -0.25) is 19.7 Å². The molecular formula is C17H14N2O4S. The Hall–Kier alpha value is -2.67. The molecule has 0 aliphatic carbocycles. The molecule has 1 aliphatic heterocycles. The second-order valence-electron chi connectivity index (χ2n) is 5.46. The molecule has 122 valence electrons. The number of thioether (sulfide) groups is 1. The number of carbonyl (C=O) groups is 2. The summed E-state index contributed by atoms with van der Waals surface area (Å²) in [6.07, 6.45) is 0.119. The van der Waals surface area contributed by atoms with Crippen LogP contribution in [-0.2, 0) is 9.59 Å². The lowest BCUT2D eigenvalue weighted by molar-refractivity contribution is -0.384. The number of hydrogen-bond donors (Lipinski definition) is 0. The lowest BCUT2D eigenvalue weighted by Crippen LogP contribution is -2.31. The van der Waals surface area contributed by atoms with Crippen LogP contribution in [0.5, 0.6) is 0 Å². The van der Waals surface area contributed by atoms with Crippen LogP contribution in [0.15, 0.2) is 53.4 Å². The van der Waals surface area contributed by atoms with Gasteiger partial charge in [0.2, 0.25) is 11.8 Å². The van der Waals surface area contributed by atoms with Crippen molar-refractivity contribution in [2.24, 2.45) is 0 Å². The average Bonchev–Trinajstić information content (AvgIpc) is 2.83. The van der Waals surface area contributed by atoms with E-state index >= 15 is 0 Å². The van der Waals surface area contributed by atoms with Crippen LogP contribution in [0, 0.1) is 17.0 Å². The number of nitro benzene ring substituents is 1. The number of non-ortho nitro benzene ring substituents is 1. The van der Waals surface area contributed by atoms with E-state index in [1.165, 1.54) is 36.0 Å². The molecule has 0 bridgehead atoms. The highest BCUT2D eigenvalue weighted by Crippen LogP contribution is 2.34. The van der Waals surface area contributed by atoms with Crippen LogP contribution in [0.3, 0.4) is 0 Å². The molecule has 2 aromatic carbocycles. The molecule has 7 heteroatoms. The number of anilines is 1. The largest absolute Gasteiger partial charge is 0.274 e. The number of rotatable bonds is 4. The van der Waals surface area contributed by atoms with Crippen LogP contribution in [0.25, 0.3) is 0 Å². The summed E-state index contributed by atoms with van der Waals surface area (Å²) in [7, 11) is 0. The fraction of sp³-hybridized carbons (Fsp3) is 0.176. The maximum Gasteiger partial charge on any atom is 0.269 e. The van der Waals surface area contributed by atoms with Gasteiger partial charge in [0.15, 0.2) is 0 Å². The van der Waals surface area contributed by atoms with E-state index < -0.39 is 10.2 Å². The molecule has 3 rings (SSSR count). The molecule has 1 saturated heterocycles. The highest BCUT2D eigenvalue weighted by atomic mass is 32.2. The van der Waals surface area contributed by atoms with E-state index in [4.69, 9.17) is 0 Å².